The van der Waals surface area contributed by atoms with Crippen LogP contribution in [0.4, 0.5) is 0 Å². The Morgan fingerprint density at radius 1 is 1.62 bits per heavy atom. The smallest absolute Gasteiger partial charge is 0.0153 e. The van der Waals surface area contributed by atoms with Gasteiger partial charge in [0.1, 0.15) is 0 Å². The van der Waals surface area contributed by atoms with Gasteiger partial charge in [-0.25, -0.2) is 0 Å². The average molecular weight is 220 g/mol. The molecule has 0 aliphatic heterocycles. The summed E-state index contributed by atoms with van der Waals surface area (Å²) >= 11 is 2.22. The lowest BCUT2D eigenvalue weighted by molar-refractivity contribution is 1.55. The van der Waals surface area contributed by atoms with Crippen LogP contribution in [0.5, 0.6) is 0 Å². The van der Waals surface area contributed by atoms with Crippen molar-refractivity contribution < 1.29 is 0 Å². The number of halogens is 1. The summed E-state index contributed by atoms with van der Waals surface area (Å²) in [4.78, 5) is 0. The number of hydrogen-bond acceptors (Lipinski definition) is 0. The lowest BCUT2D eigenvalue weighted by atomic mass is 10.3. The third-order valence-corrected chi connectivity index (χ3v) is 1.95. The third kappa shape index (κ3) is 3.02. The summed E-state index contributed by atoms with van der Waals surface area (Å²) in [5.74, 6) is 0. The first kappa shape index (κ1) is 7.95. The van der Waals surface area contributed by atoms with E-state index in [0.29, 0.717) is 0 Å². The maximum Gasteiger partial charge on any atom is 0.0153 e. The van der Waals surface area contributed by atoms with Crippen molar-refractivity contribution in [1.29, 1.82) is 0 Å². The Balaban J connectivity index is 3.99. The largest absolute Gasteiger partial charge is 0.0990 e. The van der Waals surface area contributed by atoms with Gasteiger partial charge in [0.2, 0.25) is 0 Å². The molecule has 0 N–H and O–H groups in total. The molecule has 0 atom stereocenters. The Morgan fingerprint density at radius 3 is 2.25 bits per heavy atom. The molecule has 0 aromatic heterocycles. The van der Waals surface area contributed by atoms with E-state index in [1.807, 2.05) is 13.0 Å². The SMILES string of the molecule is C=C/C=C(/I)C(=C)C. The Morgan fingerprint density at radius 2 is 2.12 bits per heavy atom. The molecule has 0 bridgehead atoms. The lowest BCUT2D eigenvalue weighted by Gasteiger charge is -1.90. The molecular weight excluding hydrogens is 211 g/mol. The maximum absolute atomic E-state index is 3.75. The molecule has 0 radical (unpaired) electrons. The second-order valence-corrected chi connectivity index (χ2v) is 2.69. The van der Waals surface area contributed by atoms with Gasteiger partial charge in [0, 0.05) is 3.58 Å². The first-order valence-electron chi connectivity index (χ1n) is 2.32. The highest BCUT2D eigenvalue weighted by atomic mass is 127. The second-order valence-electron chi connectivity index (χ2n) is 1.53. The van der Waals surface area contributed by atoms with Crippen molar-refractivity contribution in [2.45, 2.75) is 6.92 Å². The van der Waals surface area contributed by atoms with Crippen molar-refractivity contribution in [3.63, 3.8) is 0 Å². The molecule has 0 aliphatic carbocycles. The van der Waals surface area contributed by atoms with Crippen LogP contribution >= 0.6 is 22.6 Å². The summed E-state index contributed by atoms with van der Waals surface area (Å²) in [5.41, 5.74) is 1.09. The van der Waals surface area contributed by atoms with E-state index in [-0.39, 0.29) is 0 Å². The monoisotopic (exact) mass is 220 g/mol. The predicted molar refractivity (Wildman–Crippen MR) is 47.1 cm³/mol. The maximum atomic E-state index is 3.75. The van der Waals surface area contributed by atoms with Gasteiger partial charge in [-0.15, -0.1) is 0 Å². The standard InChI is InChI=1S/C7H9I/c1-4-5-7(8)6(2)3/h4-5H,1-2H2,3H3/b7-5+. The molecule has 0 aromatic carbocycles. The summed E-state index contributed by atoms with van der Waals surface area (Å²) in [7, 11) is 0. The zero-order valence-electron chi connectivity index (χ0n) is 4.95. The van der Waals surface area contributed by atoms with Gasteiger partial charge in [0.05, 0.1) is 0 Å². The highest BCUT2D eigenvalue weighted by molar-refractivity contribution is 14.1. The van der Waals surface area contributed by atoms with Gasteiger partial charge in [0.15, 0.2) is 0 Å². The van der Waals surface area contributed by atoms with Crippen LogP contribution in [0, 0.1) is 0 Å². The minimum Gasteiger partial charge on any atom is -0.0990 e. The Kier molecular flexibility index (Phi) is 3.87. The predicted octanol–water partition coefficient (Wildman–Crippen LogP) is 3.07. The average Bonchev–Trinajstić information content (AvgIpc) is 1.67. The van der Waals surface area contributed by atoms with Gasteiger partial charge in [0.25, 0.3) is 0 Å². The molecule has 0 aromatic rings. The van der Waals surface area contributed by atoms with Crippen LogP contribution in [0.2, 0.25) is 0 Å². The van der Waals surface area contributed by atoms with Gasteiger partial charge in [-0.1, -0.05) is 19.2 Å². The van der Waals surface area contributed by atoms with E-state index in [2.05, 4.69) is 35.7 Å². The first-order chi connectivity index (χ1) is 3.68. The van der Waals surface area contributed by atoms with Gasteiger partial charge in [-0.05, 0) is 41.2 Å². The fraction of sp³-hybridized carbons (Fsp3) is 0.143. The van der Waals surface area contributed by atoms with Crippen molar-refractivity contribution in [3.8, 4) is 0 Å². The molecule has 0 fully saturated rings. The zero-order chi connectivity index (χ0) is 6.57. The Hall–Kier alpha value is -0.0500. The second kappa shape index (κ2) is 3.89. The van der Waals surface area contributed by atoms with Crippen LogP contribution < -0.4 is 0 Å². The summed E-state index contributed by atoms with van der Waals surface area (Å²) in [6.45, 7) is 9.28. The minimum absolute atomic E-state index is 1.09. The van der Waals surface area contributed by atoms with Crippen LogP contribution in [-0.4, -0.2) is 0 Å². The topological polar surface area (TPSA) is 0 Å². The number of allylic oxidation sites excluding steroid dienone is 4. The van der Waals surface area contributed by atoms with E-state index >= 15 is 0 Å². The van der Waals surface area contributed by atoms with E-state index in [1.54, 1.807) is 6.08 Å². The zero-order valence-corrected chi connectivity index (χ0v) is 7.10. The van der Waals surface area contributed by atoms with Gasteiger partial charge in [-0.3, -0.25) is 0 Å². The van der Waals surface area contributed by atoms with Crippen molar-refractivity contribution in [1.82, 2.24) is 0 Å². The van der Waals surface area contributed by atoms with Crippen molar-refractivity contribution in [3.05, 3.63) is 34.5 Å². The fourth-order valence-electron chi connectivity index (χ4n) is 0.246. The fourth-order valence-corrected chi connectivity index (χ4v) is 0.500. The summed E-state index contributed by atoms with van der Waals surface area (Å²) in [5, 5.41) is 0. The van der Waals surface area contributed by atoms with E-state index in [9.17, 15) is 0 Å². The molecule has 0 nitrogen and oxygen atoms in total. The summed E-state index contributed by atoms with van der Waals surface area (Å²) in [6, 6.07) is 0. The van der Waals surface area contributed by atoms with Crippen molar-refractivity contribution in [2.24, 2.45) is 0 Å². The van der Waals surface area contributed by atoms with Crippen LogP contribution in [0.3, 0.4) is 0 Å². The van der Waals surface area contributed by atoms with Gasteiger partial charge >= 0.3 is 0 Å². The molecular formula is C7H9I. The quantitative estimate of drug-likeness (QED) is 0.495. The molecule has 0 saturated heterocycles. The lowest BCUT2D eigenvalue weighted by Crippen LogP contribution is -1.67. The first-order valence-corrected chi connectivity index (χ1v) is 3.40. The van der Waals surface area contributed by atoms with E-state index in [0.717, 1.165) is 9.15 Å². The van der Waals surface area contributed by atoms with Crippen LogP contribution in [-0.2, 0) is 0 Å². The Labute approximate surface area is 64.1 Å². The molecule has 0 unspecified atom stereocenters. The number of rotatable bonds is 2. The molecule has 0 heterocycles. The van der Waals surface area contributed by atoms with Gasteiger partial charge < -0.3 is 0 Å². The molecule has 0 aliphatic rings. The molecule has 0 spiro atoms. The highest BCUT2D eigenvalue weighted by Gasteiger charge is 1.85. The van der Waals surface area contributed by atoms with E-state index in [4.69, 9.17) is 0 Å². The van der Waals surface area contributed by atoms with E-state index in [1.165, 1.54) is 0 Å². The molecule has 0 amide bonds. The number of hydrogen-bond donors (Lipinski definition) is 0. The van der Waals surface area contributed by atoms with Crippen molar-refractivity contribution in [2.75, 3.05) is 0 Å². The van der Waals surface area contributed by atoms with Crippen LogP contribution in [0.25, 0.3) is 0 Å². The van der Waals surface area contributed by atoms with E-state index < -0.39 is 0 Å². The van der Waals surface area contributed by atoms with Crippen LogP contribution in [0.15, 0.2) is 34.5 Å². The summed E-state index contributed by atoms with van der Waals surface area (Å²) in [6.07, 6.45) is 3.69. The molecule has 0 rings (SSSR count). The third-order valence-electron chi connectivity index (χ3n) is 0.672. The Bertz CT molecular complexity index is 131. The van der Waals surface area contributed by atoms with Gasteiger partial charge in [-0.2, -0.15) is 0 Å². The molecule has 44 valence electrons. The molecule has 8 heavy (non-hydrogen) atoms. The minimum atomic E-state index is 1.09. The van der Waals surface area contributed by atoms with Crippen LogP contribution in [0.1, 0.15) is 6.92 Å². The normalized spacial score (nSPS) is 11.0. The van der Waals surface area contributed by atoms with Crippen molar-refractivity contribution >= 4 is 22.6 Å². The highest BCUT2D eigenvalue weighted by Crippen LogP contribution is 2.14. The molecule has 0 saturated carbocycles. The molecule has 1 heteroatoms. The summed E-state index contributed by atoms with van der Waals surface area (Å²) < 4.78 is 1.16.